The predicted molar refractivity (Wildman–Crippen MR) is 33.3 cm³/mol. The molecule has 0 spiro atoms. The number of hydrogen-bond donors (Lipinski definition) is 1. The van der Waals surface area contributed by atoms with E-state index in [4.69, 9.17) is 0 Å². The molecule has 0 aliphatic carbocycles. The number of nitrogens with one attached hydrogen (secondary N) is 1. The Bertz CT molecular complexity index is 67.5. The molecule has 3 heteroatoms. The molecule has 0 atom stereocenters. The minimum Gasteiger partial charge on any atom is -0.356 e. The standard InChI is InChI=1S/C6H12NO.Y/c1-3-5-6(8)7-4-2;/h1,3-5H2,2H3,(H,7,8);/q-1;+3. The summed E-state index contributed by atoms with van der Waals surface area (Å²) < 4.78 is 0. The van der Waals surface area contributed by atoms with E-state index in [1.807, 2.05) is 6.92 Å². The van der Waals surface area contributed by atoms with Gasteiger partial charge < -0.3 is 12.2 Å². The minimum absolute atomic E-state index is 0. The molecular weight excluding hydrogens is 191 g/mol. The predicted octanol–water partition coefficient (Wildman–Crippen LogP) is 0.734. The van der Waals surface area contributed by atoms with Crippen molar-refractivity contribution in [3.8, 4) is 0 Å². The molecule has 0 fully saturated rings. The maximum atomic E-state index is 10.5. The van der Waals surface area contributed by atoms with E-state index in [0.717, 1.165) is 6.54 Å². The molecule has 0 aliphatic rings. The van der Waals surface area contributed by atoms with E-state index < -0.39 is 0 Å². The van der Waals surface area contributed by atoms with Crippen LogP contribution in [0.25, 0.3) is 0 Å². The Morgan fingerprint density at radius 2 is 2.22 bits per heavy atom. The Morgan fingerprint density at radius 1 is 1.67 bits per heavy atom. The number of carbonyl (C=O) groups is 1. The number of amides is 1. The van der Waals surface area contributed by atoms with Crippen LogP contribution in [0.2, 0.25) is 0 Å². The van der Waals surface area contributed by atoms with Gasteiger partial charge in [-0.05, 0) is 13.3 Å². The fourth-order valence-electron chi connectivity index (χ4n) is 0.446. The summed E-state index contributed by atoms with van der Waals surface area (Å²) in [6.07, 6.45) is 1.24. The summed E-state index contributed by atoms with van der Waals surface area (Å²) >= 11 is 0. The molecule has 0 radical (unpaired) electrons. The van der Waals surface area contributed by atoms with E-state index >= 15 is 0 Å². The van der Waals surface area contributed by atoms with Gasteiger partial charge in [-0.3, -0.25) is 4.79 Å². The van der Waals surface area contributed by atoms with E-state index in [1.165, 1.54) is 0 Å². The van der Waals surface area contributed by atoms with Gasteiger partial charge in [0.1, 0.15) is 0 Å². The van der Waals surface area contributed by atoms with Crippen LogP contribution in [0.1, 0.15) is 19.8 Å². The first kappa shape index (κ1) is 12.3. The largest absolute Gasteiger partial charge is 3.00 e. The minimum atomic E-state index is 0. The average molecular weight is 203 g/mol. The van der Waals surface area contributed by atoms with E-state index in [9.17, 15) is 4.79 Å². The molecule has 48 valence electrons. The van der Waals surface area contributed by atoms with Crippen molar-refractivity contribution >= 4 is 5.91 Å². The van der Waals surface area contributed by atoms with Crippen LogP contribution in [0.5, 0.6) is 0 Å². The first-order chi connectivity index (χ1) is 3.81. The van der Waals surface area contributed by atoms with Crippen molar-refractivity contribution in [2.24, 2.45) is 0 Å². The van der Waals surface area contributed by atoms with Gasteiger partial charge in [0.2, 0.25) is 5.91 Å². The van der Waals surface area contributed by atoms with Crippen LogP contribution in [0, 0.1) is 6.92 Å². The number of carbonyl (C=O) groups excluding carboxylic acids is 1. The summed E-state index contributed by atoms with van der Waals surface area (Å²) in [4.78, 5) is 10.5. The van der Waals surface area contributed by atoms with Crippen molar-refractivity contribution in [1.29, 1.82) is 0 Å². The summed E-state index contributed by atoms with van der Waals surface area (Å²) in [6, 6.07) is 0. The molecule has 0 bridgehead atoms. The van der Waals surface area contributed by atoms with E-state index in [0.29, 0.717) is 12.8 Å². The molecule has 0 saturated carbocycles. The summed E-state index contributed by atoms with van der Waals surface area (Å²) in [5, 5.41) is 2.67. The van der Waals surface area contributed by atoms with E-state index in [1.54, 1.807) is 0 Å². The van der Waals surface area contributed by atoms with E-state index in [-0.39, 0.29) is 38.6 Å². The van der Waals surface area contributed by atoms with Crippen LogP contribution in [-0.4, -0.2) is 12.5 Å². The van der Waals surface area contributed by atoms with E-state index in [2.05, 4.69) is 12.2 Å². The normalized spacial score (nSPS) is 7.78. The van der Waals surface area contributed by atoms with Crippen LogP contribution >= 0.6 is 0 Å². The van der Waals surface area contributed by atoms with Gasteiger partial charge in [0.15, 0.2) is 0 Å². The molecule has 0 aliphatic heterocycles. The zero-order chi connectivity index (χ0) is 6.41. The second-order valence-electron chi connectivity index (χ2n) is 1.56. The fraction of sp³-hybridized carbons (Fsp3) is 0.667. The maximum absolute atomic E-state index is 10.5. The Morgan fingerprint density at radius 3 is 2.56 bits per heavy atom. The zero-order valence-electron chi connectivity index (χ0n) is 5.81. The molecule has 0 unspecified atom stereocenters. The monoisotopic (exact) mass is 203 g/mol. The van der Waals surface area contributed by atoms with Gasteiger partial charge in [-0.2, -0.15) is 6.42 Å². The molecule has 0 aromatic carbocycles. The van der Waals surface area contributed by atoms with Gasteiger partial charge in [-0.1, -0.05) is 0 Å². The summed E-state index contributed by atoms with van der Waals surface area (Å²) in [7, 11) is 0. The van der Waals surface area contributed by atoms with Crippen molar-refractivity contribution in [2.45, 2.75) is 19.8 Å². The van der Waals surface area contributed by atoms with Gasteiger partial charge in [-0.25, -0.2) is 0 Å². The summed E-state index contributed by atoms with van der Waals surface area (Å²) in [5.74, 6) is 0.0995. The molecular formula is C6H12NOY+2. The molecule has 0 aromatic heterocycles. The van der Waals surface area contributed by atoms with Crippen molar-refractivity contribution in [3.63, 3.8) is 0 Å². The third-order valence-corrected chi connectivity index (χ3v) is 0.778. The maximum Gasteiger partial charge on any atom is 3.00 e. The quantitative estimate of drug-likeness (QED) is 0.673. The van der Waals surface area contributed by atoms with Crippen LogP contribution in [0.3, 0.4) is 0 Å². The van der Waals surface area contributed by atoms with Gasteiger partial charge >= 0.3 is 32.7 Å². The van der Waals surface area contributed by atoms with Crippen LogP contribution < -0.4 is 5.32 Å². The topological polar surface area (TPSA) is 29.1 Å². The Balaban J connectivity index is 0. The second kappa shape index (κ2) is 8.57. The molecule has 2 nitrogen and oxygen atoms in total. The molecule has 0 aromatic rings. The van der Waals surface area contributed by atoms with Crippen molar-refractivity contribution < 1.29 is 37.5 Å². The molecule has 0 rings (SSSR count). The fourth-order valence-corrected chi connectivity index (χ4v) is 0.446. The Hall–Kier alpha value is 0.574. The Labute approximate surface area is 81.7 Å². The van der Waals surface area contributed by atoms with Crippen molar-refractivity contribution in [1.82, 2.24) is 5.32 Å². The first-order valence-electron chi connectivity index (χ1n) is 2.87. The van der Waals surface area contributed by atoms with Gasteiger partial charge in [0.25, 0.3) is 0 Å². The van der Waals surface area contributed by atoms with Crippen LogP contribution in [-0.2, 0) is 37.5 Å². The van der Waals surface area contributed by atoms with Crippen molar-refractivity contribution in [2.75, 3.05) is 6.54 Å². The molecule has 1 amide bonds. The molecule has 0 saturated heterocycles. The van der Waals surface area contributed by atoms with Crippen LogP contribution in [0.4, 0.5) is 0 Å². The number of hydrogen-bond acceptors (Lipinski definition) is 1. The van der Waals surface area contributed by atoms with Gasteiger partial charge in [-0.15, -0.1) is 0 Å². The second-order valence-corrected chi connectivity index (χ2v) is 1.56. The Kier molecular flexibility index (Phi) is 11.7. The smallest absolute Gasteiger partial charge is 0.356 e. The number of rotatable bonds is 3. The first-order valence-corrected chi connectivity index (χ1v) is 2.87. The summed E-state index contributed by atoms with van der Waals surface area (Å²) in [6.45, 7) is 6.17. The molecule has 9 heavy (non-hydrogen) atoms. The van der Waals surface area contributed by atoms with Crippen molar-refractivity contribution in [3.05, 3.63) is 6.92 Å². The van der Waals surface area contributed by atoms with Gasteiger partial charge in [0.05, 0.1) is 0 Å². The third kappa shape index (κ3) is 8.57. The third-order valence-electron chi connectivity index (χ3n) is 0.778. The summed E-state index contributed by atoms with van der Waals surface area (Å²) in [5.41, 5.74) is 0. The molecule has 1 N–H and O–H groups in total. The molecule has 0 heterocycles. The SMILES string of the molecule is [CH2-]CCC(=O)NCC.[Y+3]. The average Bonchev–Trinajstić information content (AvgIpc) is 1.68. The zero-order valence-corrected chi connectivity index (χ0v) is 8.65. The van der Waals surface area contributed by atoms with Gasteiger partial charge in [0, 0.05) is 6.54 Å². The van der Waals surface area contributed by atoms with Crippen LogP contribution in [0.15, 0.2) is 0 Å².